The standard InChI is InChI=1S/C84H51N13/c1-7-19-68-59(13-1)62-37-40-74-79(82(62)95(68)58-47-87-51-88-48-58)65-16-4-10-22-71(65)92(74)55-31-25-52(26-32-55)91(53-27-33-56(34-28-53)93-72-23-11-5-17-66(72)80-75(93)41-38-63-60-14-2-8-20-69(60)96(83(63)80)77-49-85-43-45-89-77)54-29-35-57(36-30-54)94-73-24-12-6-18-67(73)81-76(94)42-39-64-61-15-3-9-21-70(61)97(84(64)81)78-50-86-44-46-90-78/h1-51H. The minimum Gasteiger partial charge on any atom is -0.310 e. The Balaban J connectivity index is 0.743. The normalized spacial score (nSPS) is 12.1. The van der Waals surface area contributed by atoms with Crippen LogP contribution in [0.25, 0.3) is 165 Å². The number of benzene rings is 12. The van der Waals surface area contributed by atoms with Crippen molar-refractivity contribution in [2.75, 3.05) is 4.90 Å². The molecule has 13 nitrogen and oxygen atoms in total. The highest BCUT2D eigenvalue weighted by atomic mass is 15.2. The highest BCUT2D eigenvalue weighted by Crippen LogP contribution is 2.47. The molecule has 9 aromatic heterocycles. The molecule has 12 aromatic carbocycles. The van der Waals surface area contributed by atoms with E-state index in [2.05, 4.69) is 307 Å². The van der Waals surface area contributed by atoms with Gasteiger partial charge < -0.3 is 23.2 Å². The van der Waals surface area contributed by atoms with Crippen molar-refractivity contribution in [1.82, 2.24) is 57.3 Å². The van der Waals surface area contributed by atoms with Crippen LogP contribution in [0.3, 0.4) is 0 Å². The molecule has 452 valence electrons. The number of rotatable bonds is 9. The molecule has 0 N–H and O–H groups in total. The van der Waals surface area contributed by atoms with Crippen LogP contribution < -0.4 is 4.90 Å². The average molecular weight is 1240 g/mol. The third-order valence-corrected chi connectivity index (χ3v) is 19.9. The zero-order chi connectivity index (χ0) is 63.4. The third kappa shape index (κ3) is 7.58. The Bertz CT molecular complexity index is 6130. The lowest BCUT2D eigenvalue weighted by Gasteiger charge is -2.26. The maximum Gasteiger partial charge on any atom is 0.156 e. The van der Waals surface area contributed by atoms with Gasteiger partial charge in [0.2, 0.25) is 0 Å². The molecule has 13 heteroatoms. The first-order chi connectivity index (χ1) is 48.2. The number of fused-ring (bicyclic) bond motifs is 21. The fourth-order valence-electron chi connectivity index (χ4n) is 16.0. The Kier molecular flexibility index (Phi) is 11.2. The molecule has 0 spiro atoms. The van der Waals surface area contributed by atoms with Gasteiger partial charge in [-0.3, -0.25) is 19.1 Å². The molecular formula is C84H51N13. The van der Waals surface area contributed by atoms with Crippen LogP contribution in [0.4, 0.5) is 17.1 Å². The fraction of sp³-hybridized carbons (Fsp3) is 0. The zero-order valence-corrected chi connectivity index (χ0v) is 51.8. The topological polar surface area (TPSA) is 110 Å². The van der Waals surface area contributed by atoms with Crippen LogP contribution in [-0.2, 0) is 0 Å². The van der Waals surface area contributed by atoms with Crippen molar-refractivity contribution in [3.05, 3.63) is 311 Å². The van der Waals surface area contributed by atoms with Gasteiger partial charge in [-0.2, -0.15) is 0 Å². The second-order valence-electron chi connectivity index (χ2n) is 24.8. The van der Waals surface area contributed by atoms with Crippen LogP contribution in [0.15, 0.2) is 311 Å². The van der Waals surface area contributed by atoms with Gasteiger partial charge in [0.25, 0.3) is 0 Å². The maximum absolute atomic E-state index is 4.87. The van der Waals surface area contributed by atoms with Gasteiger partial charge in [0.1, 0.15) is 6.33 Å². The summed E-state index contributed by atoms with van der Waals surface area (Å²) in [5, 5.41) is 14.0. The van der Waals surface area contributed by atoms with E-state index >= 15 is 0 Å². The van der Waals surface area contributed by atoms with Gasteiger partial charge in [0.15, 0.2) is 11.6 Å². The van der Waals surface area contributed by atoms with E-state index in [4.69, 9.17) is 9.97 Å². The van der Waals surface area contributed by atoms with E-state index in [-0.39, 0.29) is 0 Å². The van der Waals surface area contributed by atoms with Gasteiger partial charge in [-0.05, 0) is 127 Å². The molecule has 0 aliphatic carbocycles. The average Bonchev–Trinajstić information content (AvgIpc) is 1.56. The van der Waals surface area contributed by atoms with Gasteiger partial charge in [-0.15, -0.1) is 0 Å². The molecule has 9 heterocycles. The Morgan fingerprint density at radius 3 is 0.866 bits per heavy atom. The zero-order valence-electron chi connectivity index (χ0n) is 51.8. The second kappa shape index (κ2) is 20.5. The summed E-state index contributed by atoms with van der Waals surface area (Å²) in [6.07, 6.45) is 16.1. The highest BCUT2D eigenvalue weighted by Gasteiger charge is 2.26. The van der Waals surface area contributed by atoms with Crippen LogP contribution >= 0.6 is 0 Å². The Morgan fingerprint density at radius 2 is 0.526 bits per heavy atom. The van der Waals surface area contributed by atoms with E-state index < -0.39 is 0 Å². The lowest BCUT2D eigenvalue weighted by atomic mass is 10.1. The molecule has 0 radical (unpaired) electrons. The minimum absolute atomic E-state index is 0.773. The number of hydrogen-bond acceptors (Lipinski definition) is 7. The third-order valence-electron chi connectivity index (χ3n) is 19.9. The van der Waals surface area contributed by atoms with Crippen molar-refractivity contribution >= 4 is 148 Å². The van der Waals surface area contributed by atoms with E-state index in [1.807, 2.05) is 24.8 Å². The van der Waals surface area contributed by atoms with Crippen molar-refractivity contribution in [1.29, 1.82) is 0 Å². The summed E-state index contributed by atoms with van der Waals surface area (Å²) >= 11 is 0. The Hall–Kier alpha value is -13.5. The first-order valence-electron chi connectivity index (χ1n) is 32.5. The number of para-hydroxylation sites is 6. The lowest BCUT2D eigenvalue weighted by Crippen LogP contribution is -2.10. The molecule has 0 bridgehead atoms. The maximum atomic E-state index is 4.87. The van der Waals surface area contributed by atoms with Crippen LogP contribution in [0.1, 0.15) is 0 Å². The summed E-state index contributed by atoms with van der Waals surface area (Å²) in [6, 6.07) is 92.9. The van der Waals surface area contributed by atoms with E-state index in [0.717, 1.165) is 155 Å². The summed E-state index contributed by atoms with van der Waals surface area (Å²) < 4.78 is 14.1. The Morgan fingerprint density at radius 1 is 0.216 bits per heavy atom. The molecule has 0 unspecified atom stereocenters. The van der Waals surface area contributed by atoms with Crippen molar-refractivity contribution in [2.24, 2.45) is 0 Å². The fourth-order valence-corrected chi connectivity index (χ4v) is 16.0. The molecule has 0 atom stereocenters. The monoisotopic (exact) mass is 1240 g/mol. The lowest BCUT2D eigenvalue weighted by molar-refractivity contribution is 1.04. The summed E-state index contributed by atoms with van der Waals surface area (Å²) in [5.41, 5.74) is 20.3. The summed E-state index contributed by atoms with van der Waals surface area (Å²) in [6.45, 7) is 0. The molecule has 0 fully saturated rings. The van der Waals surface area contributed by atoms with Crippen molar-refractivity contribution < 1.29 is 0 Å². The summed E-state index contributed by atoms with van der Waals surface area (Å²) in [4.78, 5) is 30.2. The van der Waals surface area contributed by atoms with Crippen molar-refractivity contribution in [2.45, 2.75) is 0 Å². The quantitative estimate of drug-likeness (QED) is 0.142. The first kappa shape index (κ1) is 53.0. The van der Waals surface area contributed by atoms with Gasteiger partial charge in [-0.1, -0.05) is 127 Å². The highest BCUT2D eigenvalue weighted by molar-refractivity contribution is 6.29. The SMILES string of the molecule is c1ccc2c(c1)c1c(ccc3c4ccccc4n(-c4cncnc4)c31)n2-c1ccc(N(c2ccc(-n3c4ccccc4c4c3ccc3c5ccccc5n(-c5cnccn5)c34)cc2)c2ccc(-n3c4ccccc4c4c3ccc3c5ccccc5n(-c5cnccn5)c34)cc2)cc1. The number of aromatic nitrogens is 12. The summed E-state index contributed by atoms with van der Waals surface area (Å²) in [5.74, 6) is 1.55. The molecule has 21 rings (SSSR count). The van der Waals surface area contributed by atoms with Crippen LogP contribution in [0.2, 0.25) is 0 Å². The van der Waals surface area contributed by atoms with Crippen LogP contribution in [0.5, 0.6) is 0 Å². The smallest absolute Gasteiger partial charge is 0.156 e. The molecule has 0 saturated carbocycles. The predicted molar refractivity (Wildman–Crippen MR) is 394 cm³/mol. The largest absolute Gasteiger partial charge is 0.310 e. The minimum atomic E-state index is 0.773. The molecular weight excluding hydrogens is 1190 g/mol. The second-order valence-corrected chi connectivity index (χ2v) is 24.8. The van der Waals surface area contributed by atoms with Crippen molar-refractivity contribution in [3.63, 3.8) is 0 Å². The van der Waals surface area contributed by atoms with Gasteiger partial charge in [0.05, 0.1) is 96.7 Å². The van der Waals surface area contributed by atoms with Crippen LogP contribution in [-0.4, -0.2) is 57.3 Å². The summed E-state index contributed by atoms with van der Waals surface area (Å²) in [7, 11) is 0. The molecule has 21 aromatic rings. The molecule has 0 amide bonds. The number of anilines is 3. The van der Waals surface area contributed by atoms with E-state index in [9.17, 15) is 0 Å². The molecule has 0 aliphatic rings. The number of nitrogens with zero attached hydrogens (tertiary/aromatic N) is 13. The number of hydrogen-bond donors (Lipinski definition) is 0. The Labute approximate surface area is 552 Å². The van der Waals surface area contributed by atoms with E-state index in [1.165, 1.54) is 26.9 Å². The van der Waals surface area contributed by atoms with Crippen molar-refractivity contribution in [3.8, 4) is 34.4 Å². The van der Waals surface area contributed by atoms with Gasteiger partial charge in [0, 0.05) is 124 Å². The predicted octanol–water partition coefficient (Wildman–Crippen LogP) is 20.1. The van der Waals surface area contributed by atoms with E-state index in [1.54, 1.807) is 31.1 Å². The van der Waals surface area contributed by atoms with E-state index in [0.29, 0.717) is 0 Å². The molecule has 97 heavy (non-hydrogen) atoms. The van der Waals surface area contributed by atoms with Crippen LogP contribution in [0, 0.1) is 0 Å². The molecule has 0 saturated heterocycles. The van der Waals surface area contributed by atoms with Gasteiger partial charge in [-0.25, -0.2) is 19.9 Å². The first-order valence-corrected chi connectivity index (χ1v) is 32.5. The molecule has 0 aliphatic heterocycles. The van der Waals surface area contributed by atoms with Gasteiger partial charge >= 0.3 is 0 Å².